The smallest absolute Gasteiger partial charge is 0.267 e. The van der Waals surface area contributed by atoms with Crippen molar-refractivity contribution in [3.63, 3.8) is 0 Å². The van der Waals surface area contributed by atoms with Crippen molar-refractivity contribution in [3.8, 4) is 11.3 Å². The molecule has 0 aliphatic rings. The van der Waals surface area contributed by atoms with E-state index in [1.54, 1.807) is 18.2 Å². The van der Waals surface area contributed by atoms with Crippen LogP contribution in [0.4, 0.5) is 5.69 Å². The van der Waals surface area contributed by atoms with Gasteiger partial charge in [-0.2, -0.15) is 0 Å². The number of nitrogens with zero attached hydrogens (tertiary/aromatic N) is 1. The number of amides is 1. The number of hydrogen-bond acceptors (Lipinski definition) is 5. The number of hydrogen-bond donors (Lipinski definition) is 2. The highest BCUT2D eigenvalue weighted by atomic mass is 32.2. The van der Waals surface area contributed by atoms with E-state index in [1.807, 2.05) is 45.0 Å². The second-order valence-corrected chi connectivity index (χ2v) is 11.9. The van der Waals surface area contributed by atoms with Crippen LogP contribution in [0, 0.1) is 0 Å². The van der Waals surface area contributed by atoms with Gasteiger partial charge >= 0.3 is 0 Å². The topological polar surface area (TPSA) is 102 Å². The average Bonchev–Trinajstić information content (AvgIpc) is 2.72. The number of pyridine rings is 1. The lowest BCUT2D eigenvalue weighted by molar-refractivity contribution is 0.0981. The van der Waals surface area contributed by atoms with Gasteiger partial charge in [-0.25, -0.2) is 13.1 Å². The fourth-order valence-corrected chi connectivity index (χ4v) is 4.35. The number of anilines is 1. The summed E-state index contributed by atoms with van der Waals surface area (Å²) in [5, 5.41) is 0. The number of nitrogens with one attached hydrogen (secondary N) is 1. The molecule has 0 saturated carbocycles. The zero-order valence-corrected chi connectivity index (χ0v) is 20.7. The molecule has 0 radical (unpaired) electrons. The summed E-state index contributed by atoms with van der Waals surface area (Å²) in [6, 6.07) is 17.0. The van der Waals surface area contributed by atoms with E-state index in [0.29, 0.717) is 11.4 Å². The number of aromatic nitrogens is 1. The molecule has 33 heavy (non-hydrogen) atoms. The Morgan fingerprint density at radius 2 is 1.52 bits per heavy atom. The summed E-state index contributed by atoms with van der Waals surface area (Å²) in [4.78, 5) is 17.8. The predicted molar refractivity (Wildman–Crippen MR) is 133 cm³/mol. The number of carbonyl (C=O) groups excluding carboxylic acids is 1. The lowest BCUT2D eigenvalue weighted by atomic mass is 9.86. The van der Waals surface area contributed by atoms with Crippen LogP contribution in [-0.4, -0.2) is 19.3 Å². The Hall–Kier alpha value is -3.19. The van der Waals surface area contributed by atoms with E-state index in [-0.39, 0.29) is 21.3 Å². The molecule has 3 aromatic rings. The Labute approximate surface area is 196 Å². The largest absolute Gasteiger partial charge is 0.399 e. The van der Waals surface area contributed by atoms with Crippen LogP contribution in [0.3, 0.4) is 0 Å². The zero-order valence-electron chi connectivity index (χ0n) is 19.9. The molecule has 1 aromatic heterocycles. The SMILES string of the molecule is CC(C)(C)c1ccc(-c2nc(C(C)(C)C)ccc2C(=O)NS(=O)(=O)c2cccc(N)c2)cc1. The molecule has 0 aliphatic heterocycles. The number of carbonyl (C=O) groups is 1. The van der Waals surface area contributed by atoms with Gasteiger partial charge in [-0.15, -0.1) is 0 Å². The molecule has 0 saturated heterocycles. The highest BCUT2D eigenvalue weighted by Crippen LogP contribution is 2.30. The Morgan fingerprint density at radius 3 is 2.06 bits per heavy atom. The molecule has 2 aromatic carbocycles. The first-order valence-electron chi connectivity index (χ1n) is 10.7. The van der Waals surface area contributed by atoms with E-state index in [4.69, 9.17) is 10.7 Å². The van der Waals surface area contributed by atoms with Crippen molar-refractivity contribution in [3.05, 3.63) is 77.5 Å². The van der Waals surface area contributed by atoms with Crippen molar-refractivity contribution >= 4 is 21.6 Å². The van der Waals surface area contributed by atoms with Gasteiger partial charge in [-0.05, 0) is 41.3 Å². The number of benzene rings is 2. The zero-order chi connectivity index (χ0) is 24.6. The second kappa shape index (κ2) is 8.63. The molecule has 1 amide bonds. The molecule has 6 nitrogen and oxygen atoms in total. The van der Waals surface area contributed by atoms with Crippen LogP contribution in [0.25, 0.3) is 11.3 Å². The molecule has 174 valence electrons. The summed E-state index contributed by atoms with van der Waals surface area (Å²) in [5.74, 6) is -0.750. The van der Waals surface area contributed by atoms with Gasteiger partial charge in [0.1, 0.15) is 0 Å². The van der Waals surface area contributed by atoms with Crippen molar-refractivity contribution in [2.75, 3.05) is 5.73 Å². The maximum Gasteiger partial charge on any atom is 0.267 e. The maximum atomic E-state index is 13.1. The minimum atomic E-state index is -4.10. The van der Waals surface area contributed by atoms with Gasteiger partial charge in [-0.1, -0.05) is 71.9 Å². The normalized spacial score (nSPS) is 12.4. The van der Waals surface area contributed by atoms with E-state index < -0.39 is 15.9 Å². The molecule has 0 aliphatic carbocycles. The van der Waals surface area contributed by atoms with Gasteiger partial charge in [0.2, 0.25) is 0 Å². The van der Waals surface area contributed by atoms with Crippen LogP contribution in [0.1, 0.15) is 63.2 Å². The van der Waals surface area contributed by atoms with Crippen molar-refractivity contribution in [1.82, 2.24) is 9.71 Å². The summed E-state index contributed by atoms with van der Waals surface area (Å²) in [6.07, 6.45) is 0. The average molecular weight is 466 g/mol. The third-order valence-corrected chi connectivity index (χ3v) is 6.66. The monoisotopic (exact) mass is 465 g/mol. The summed E-state index contributed by atoms with van der Waals surface area (Å²) in [7, 11) is -4.10. The quantitative estimate of drug-likeness (QED) is 0.525. The van der Waals surface area contributed by atoms with Crippen molar-refractivity contribution in [2.24, 2.45) is 0 Å². The summed E-state index contributed by atoms with van der Waals surface area (Å²) >= 11 is 0. The van der Waals surface area contributed by atoms with Gasteiger partial charge < -0.3 is 5.73 Å². The Bertz CT molecular complexity index is 1280. The molecule has 7 heteroatoms. The van der Waals surface area contributed by atoms with E-state index in [0.717, 1.165) is 16.8 Å². The Morgan fingerprint density at radius 1 is 0.879 bits per heavy atom. The minimum Gasteiger partial charge on any atom is -0.399 e. The lowest BCUT2D eigenvalue weighted by Gasteiger charge is -2.21. The molecule has 3 N–H and O–H groups in total. The van der Waals surface area contributed by atoms with Crippen molar-refractivity contribution in [1.29, 1.82) is 0 Å². The fraction of sp³-hybridized carbons (Fsp3) is 0.308. The summed E-state index contributed by atoms with van der Waals surface area (Å²) in [5.41, 5.74) is 9.03. The third-order valence-electron chi connectivity index (χ3n) is 5.33. The summed E-state index contributed by atoms with van der Waals surface area (Å²) < 4.78 is 27.7. The van der Waals surface area contributed by atoms with Gasteiger partial charge in [0.05, 0.1) is 16.2 Å². The number of nitrogen functional groups attached to an aromatic ring is 1. The van der Waals surface area contributed by atoms with E-state index in [9.17, 15) is 13.2 Å². The van der Waals surface area contributed by atoms with Gasteiger partial charge in [-0.3, -0.25) is 9.78 Å². The predicted octanol–water partition coefficient (Wildman–Crippen LogP) is 5.04. The van der Waals surface area contributed by atoms with Gasteiger partial charge in [0, 0.05) is 22.4 Å². The second-order valence-electron chi connectivity index (χ2n) is 10.2. The van der Waals surface area contributed by atoms with Crippen molar-refractivity contribution in [2.45, 2.75) is 57.3 Å². The van der Waals surface area contributed by atoms with Crippen LogP contribution in [0.15, 0.2) is 65.6 Å². The number of sulfonamides is 1. The molecule has 0 fully saturated rings. The van der Waals surface area contributed by atoms with Crippen LogP contribution >= 0.6 is 0 Å². The van der Waals surface area contributed by atoms with Crippen LogP contribution in [0.2, 0.25) is 0 Å². The molecular formula is C26H31N3O3S. The molecule has 0 unspecified atom stereocenters. The first-order valence-corrected chi connectivity index (χ1v) is 12.2. The molecule has 0 spiro atoms. The number of nitrogens with two attached hydrogens (primary N) is 1. The maximum absolute atomic E-state index is 13.1. The highest BCUT2D eigenvalue weighted by molar-refractivity contribution is 7.90. The molecule has 3 rings (SSSR count). The highest BCUT2D eigenvalue weighted by Gasteiger charge is 2.25. The minimum absolute atomic E-state index is 0.0228. The first kappa shape index (κ1) is 24.5. The Balaban J connectivity index is 2.07. The summed E-state index contributed by atoms with van der Waals surface area (Å²) in [6.45, 7) is 12.5. The lowest BCUT2D eigenvalue weighted by Crippen LogP contribution is -2.31. The Kier molecular flexibility index (Phi) is 6.40. The fourth-order valence-electron chi connectivity index (χ4n) is 3.33. The van der Waals surface area contributed by atoms with E-state index in [2.05, 4.69) is 25.5 Å². The van der Waals surface area contributed by atoms with Crippen LogP contribution in [0.5, 0.6) is 0 Å². The van der Waals surface area contributed by atoms with Crippen LogP contribution in [-0.2, 0) is 20.9 Å². The van der Waals surface area contributed by atoms with Gasteiger partial charge in [0.25, 0.3) is 15.9 Å². The van der Waals surface area contributed by atoms with Crippen molar-refractivity contribution < 1.29 is 13.2 Å². The third kappa shape index (κ3) is 5.60. The van der Waals surface area contributed by atoms with E-state index >= 15 is 0 Å². The van der Waals surface area contributed by atoms with E-state index in [1.165, 1.54) is 18.2 Å². The molecule has 0 atom stereocenters. The number of rotatable bonds is 4. The van der Waals surface area contributed by atoms with Gasteiger partial charge in [0.15, 0.2) is 0 Å². The molecule has 0 bridgehead atoms. The van der Waals surface area contributed by atoms with Crippen LogP contribution < -0.4 is 10.5 Å². The standard InChI is InChI=1S/C26H31N3O3S/c1-25(2,3)18-12-10-17(11-13-18)23-21(14-15-22(28-23)26(4,5)6)24(30)29-33(31,32)20-9-7-8-19(27)16-20/h7-16H,27H2,1-6H3,(H,29,30). The molecular weight excluding hydrogens is 434 g/mol. The first-order chi connectivity index (χ1) is 15.2. The molecule has 1 heterocycles.